The Kier molecular flexibility index (Phi) is 5.29. The summed E-state index contributed by atoms with van der Waals surface area (Å²) < 4.78 is 0. The van der Waals surface area contributed by atoms with Gasteiger partial charge in [0.2, 0.25) is 0 Å². The van der Waals surface area contributed by atoms with Gasteiger partial charge in [0.1, 0.15) is 11.6 Å². The molecule has 27 heavy (non-hydrogen) atoms. The van der Waals surface area contributed by atoms with Crippen LogP contribution in [0.1, 0.15) is 15.9 Å². The van der Waals surface area contributed by atoms with Crippen molar-refractivity contribution in [3.05, 3.63) is 83.4 Å². The molecular weight excluding hydrogens is 338 g/mol. The second-order valence-electron chi connectivity index (χ2n) is 5.85. The Bertz CT molecular complexity index is 1070. The van der Waals surface area contributed by atoms with Crippen molar-refractivity contribution in [3.8, 4) is 6.07 Å². The van der Waals surface area contributed by atoms with Gasteiger partial charge in [-0.1, -0.05) is 48.5 Å². The maximum atomic E-state index is 12.5. The van der Waals surface area contributed by atoms with Gasteiger partial charge in [0.25, 0.3) is 11.8 Å². The van der Waals surface area contributed by atoms with Crippen LogP contribution in [0.4, 0.5) is 5.69 Å². The van der Waals surface area contributed by atoms with E-state index in [1.54, 1.807) is 37.4 Å². The number of amides is 2. The van der Waals surface area contributed by atoms with E-state index in [1.165, 1.54) is 6.08 Å². The zero-order valence-electron chi connectivity index (χ0n) is 14.7. The highest BCUT2D eigenvalue weighted by Crippen LogP contribution is 2.23. The first-order valence-electron chi connectivity index (χ1n) is 8.35. The van der Waals surface area contributed by atoms with E-state index in [1.807, 2.05) is 42.5 Å². The third kappa shape index (κ3) is 4.02. The van der Waals surface area contributed by atoms with Gasteiger partial charge in [-0.05, 0) is 35.2 Å². The van der Waals surface area contributed by atoms with E-state index in [0.717, 1.165) is 10.8 Å². The number of hydrogen-bond acceptors (Lipinski definition) is 3. The number of hydrogen-bond donors (Lipinski definition) is 2. The first-order valence-corrected chi connectivity index (χ1v) is 8.35. The number of anilines is 1. The van der Waals surface area contributed by atoms with E-state index in [4.69, 9.17) is 0 Å². The third-order valence-electron chi connectivity index (χ3n) is 4.11. The molecule has 0 bridgehead atoms. The average molecular weight is 355 g/mol. The lowest BCUT2D eigenvalue weighted by atomic mass is 10.1. The van der Waals surface area contributed by atoms with Crippen LogP contribution in [-0.4, -0.2) is 18.9 Å². The van der Waals surface area contributed by atoms with Gasteiger partial charge >= 0.3 is 0 Å². The van der Waals surface area contributed by atoms with Gasteiger partial charge in [-0.3, -0.25) is 9.59 Å². The minimum Gasteiger partial charge on any atom is -0.355 e. The summed E-state index contributed by atoms with van der Waals surface area (Å²) in [5.41, 5.74) is 1.80. The summed E-state index contributed by atoms with van der Waals surface area (Å²) in [6, 6.07) is 21.9. The number of nitrogens with zero attached hydrogens (tertiary/aromatic N) is 1. The molecule has 0 aliphatic heterocycles. The smallest absolute Gasteiger partial charge is 0.266 e. The van der Waals surface area contributed by atoms with Crippen LogP contribution in [0.5, 0.6) is 0 Å². The fourth-order valence-corrected chi connectivity index (χ4v) is 2.71. The Morgan fingerprint density at radius 3 is 2.37 bits per heavy atom. The summed E-state index contributed by atoms with van der Waals surface area (Å²) >= 11 is 0. The monoisotopic (exact) mass is 355 g/mol. The van der Waals surface area contributed by atoms with E-state index < -0.39 is 5.91 Å². The fourth-order valence-electron chi connectivity index (χ4n) is 2.71. The van der Waals surface area contributed by atoms with Gasteiger partial charge in [0.05, 0.1) is 0 Å². The molecule has 3 aromatic carbocycles. The minimum atomic E-state index is -0.482. The van der Waals surface area contributed by atoms with Crippen LogP contribution in [0.3, 0.4) is 0 Å². The normalized spacial score (nSPS) is 10.9. The molecule has 0 aromatic heterocycles. The second kappa shape index (κ2) is 7.98. The lowest BCUT2D eigenvalue weighted by molar-refractivity contribution is -0.112. The number of nitrogens with one attached hydrogen (secondary N) is 2. The van der Waals surface area contributed by atoms with Gasteiger partial charge in [0.15, 0.2) is 0 Å². The van der Waals surface area contributed by atoms with Crippen LogP contribution >= 0.6 is 0 Å². The average Bonchev–Trinajstić information content (AvgIpc) is 2.72. The van der Waals surface area contributed by atoms with Crippen molar-refractivity contribution in [2.75, 3.05) is 12.4 Å². The van der Waals surface area contributed by atoms with E-state index in [-0.39, 0.29) is 11.5 Å². The van der Waals surface area contributed by atoms with Crippen molar-refractivity contribution in [1.29, 1.82) is 5.26 Å². The van der Waals surface area contributed by atoms with E-state index >= 15 is 0 Å². The Labute approximate surface area is 156 Å². The molecule has 0 aliphatic carbocycles. The lowest BCUT2D eigenvalue weighted by Gasteiger charge is -2.08. The Hall–Kier alpha value is -3.91. The number of rotatable bonds is 4. The number of nitriles is 1. The maximum absolute atomic E-state index is 12.5. The second-order valence-corrected chi connectivity index (χ2v) is 5.85. The van der Waals surface area contributed by atoms with E-state index in [9.17, 15) is 14.9 Å². The van der Waals surface area contributed by atoms with Crippen molar-refractivity contribution in [3.63, 3.8) is 0 Å². The molecule has 5 nitrogen and oxygen atoms in total. The molecule has 0 saturated carbocycles. The van der Waals surface area contributed by atoms with Gasteiger partial charge in [-0.15, -0.1) is 0 Å². The van der Waals surface area contributed by atoms with Crippen LogP contribution in [0.25, 0.3) is 16.8 Å². The highest BCUT2D eigenvalue weighted by molar-refractivity contribution is 6.13. The lowest BCUT2D eigenvalue weighted by Crippen LogP contribution is -2.17. The van der Waals surface area contributed by atoms with Crippen LogP contribution in [-0.2, 0) is 4.79 Å². The van der Waals surface area contributed by atoms with Crippen LogP contribution in [0.15, 0.2) is 72.3 Å². The molecule has 0 fully saturated rings. The molecule has 0 heterocycles. The molecule has 0 saturated heterocycles. The van der Waals surface area contributed by atoms with Crippen LogP contribution < -0.4 is 10.6 Å². The SMILES string of the molecule is CNC(=O)c1ccc(/C=C(/C#N)C(=O)Nc2cccc3ccccc23)cc1. The van der Waals surface area contributed by atoms with E-state index in [2.05, 4.69) is 10.6 Å². The van der Waals surface area contributed by atoms with Crippen molar-refractivity contribution >= 4 is 34.4 Å². The predicted octanol–water partition coefficient (Wildman–Crippen LogP) is 3.75. The summed E-state index contributed by atoms with van der Waals surface area (Å²) in [6.07, 6.45) is 1.49. The summed E-state index contributed by atoms with van der Waals surface area (Å²) in [5, 5.41) is 16.6. The molecule has 0 aliphatic rings. The molecule has 132 valence electrons. The van der Waals surface area contributed by atoms with Crippen molar-refractivity contribution in [1.82, 2.24) is 5.32 Å². The topological polar surface area (TPSA) is 82.0 Å². The number of carbonyl (C=O) groups excluding carboxylic acids is 2. The van der Waals surface area contributed by atoms with Gasteiger partial charge < -0.3 is 10.6 Å². The van der Waals surface area contributed by atoms with Gasteiger partial charge in [-0.2, -0.15) is 5.26 Å². The third-order valence-corrected chi connectivity index (χ3v) is 4.11. The number of benzene rings is 3. The van der Waals surface area contributed by atoms with Gasteiger partial charge in [-0.25, -0.2) is 0 Å². The van der Waals surface area contributed by atoms with Crippen LogP contribution in [0, 0.1) is 11.3 Å². The number of carbonyl (C=O) groups is 2. The molecule has 2 N–H and O–H groups in total. The summed E-state index contributed by atoms with van der Waals surface area (Å²) in [7, 11) is 1.56. The fraction of sp³-hybridized carbons (Fsp3) is 0.0455. The highest BCUT2D eigenvalue weighted by atomic mass is 16.2. The standard InChI is InChI=1S/C22H17N3O2/c1-24-21(26)17-11-9-15(10-12-17)13-18(14-23)22(27)25-20-8-4-6-16-5-2-3-7-19(16)20/h2-13H,1H3,(H,24,26)(H,25,27)/b18-13-. The zero-order chi connectivity index (χ0) is 19.2. The quantitative estimate of drug-likeness (QED) is 0.552. The number of fused-ring (bicyclic) bond motifs is 1. The van der Waals surface area contributed by atoms with Crippen LogP contribution in [0.2, 0.25) is 0 Å². The molecular formula is C22H17N3O2. The minimum absolute atomic E-state index is 0.0179. The Morgan fingerprint density at radius 2 is 1.67 bits per heavy atom. The van der Waals surface area contributed by atoms with Crippen molar-refractivity contribution in [2.45, 2.75) is 0 Å². The first kappa shape index (κ1) is 17.9. The largest absolute Gasteiger partial charge is 0.355 e. The van der Waals surface area contributed by atoms with Gasteiger partial charge in [0, 0.05) is 23.7 Å². The molecule has 3 aromatic rings. The highest BCUT2D eigenvalue weighted by Gasteiger charge is 2.11. The summed E-state index contributed by atoms with van der Waals surface area (Å²) in [6.45, 7) is 0. The zero-order valence-corrected chi connectivity index (χ0v) is 14.7. The van der Waals surface area contributed by atoms with E-state index in [0.29, 0.717) is 16.8 Å². The first-order chi connectivity index (χ1) is 13.1. The molecule has 0 atom stereocenters. The molecule has 0 radical (unpaired) electrons. The summed E-state index contributed by atoms with van der Waals surface area (Å²) in [4.78, 5) is 24.1. The molecule has 2 amide bonds. The Morgan fingerprint density at radius 1 is 0.963 bits per heavy atom. The Balaban J connectivity index is 1.84. The molecule has 3 rings (SSSR count). The van der Waals surface area contributed by atoms with Crippen molar-refractivity contribution < 1.29 is 9.59 Å². The molecule has 0 unspecified atom stereocenters. The predicted molar refractivity (Wildman–Crippen MR) is 106 cm³/mol. The summed E-state index contributed by atoms with van der Waals surface area (Å²) in [5.74, 6) is -0.677. The molecule has 5 heteroatoms. The molecule has 0 spiro atoms. The maximum Gasteiger partial charge on any atom is 0.266 e. The van der Waals surface area contributed by atoms with Crippen molar-refractivity contribution in [2.24, 2.45) is 0 Å².